The number of hydrogen-bond acceptors (Lipinski definition) is 8. The SMILES string of the molecule is C[C@@H](O)[C@H]1C(=O)N2C(C(=O)[O-])=C(CSC(=S)N3CCN(C)CC3)S[C@H]12.[Na+]. The monoisotopic (exact) mass is 425 g/mol. The van der Waals surface area contributed by atoms with E-state index in [0.29, 0.717) is 10.7 Å². The number of thiocarbonyl (C=S) groups is 1. The summed E-state index contributed by atoms with van der Waals surface area (Å²) in [6, 6.07) is 0. The summed E-state index contributed by atoms with van der Waals surface area (Å²) in [6.45, 7) is 5.17. The number of carboxylic acids is 1. The Balaban J connectivity index is 0.00000243. The summed E-state index contributed by atoms with van der Waals surface area (Å²) in [5.74, 6) is -1.88. The molecule has 1 N–H and O–H groups in total. The van der Waals surface area contributed by atoms with Gasteiger partial charge in [-0.1, -0.05) is 24.0 Å². The molecular weight excluding hydrogens is 405 g/mol. The van der Waals surface area contributed by atoms with Crippen LogP contribution in [-0.4, -0.2) is 86.5 Å². The summed E-state index contributed by atoms with van der Waals surface area (Å²) in [4.78, 5) is 29.8. The van der Waals surface area contributed by atoms with Crippen molar-refractivity contribution >= 4 is 51.9 Å². The third kappa shape index (κ3) is 4.27. The van der Waals surface area contributed by atoms with E-state index >= 15 is 0 Å². The van der Waals surface area contributed by atoms with Gasteiger partial charge in [-0.2, -0.15) is 0 Å². The molecule has 3 aliphatic rings. The molecule has 0 spiro atoms. The second kappa shape index (κ2) is 9.13. The Kier molecular flexibility index (Phi) is 7.89. The normalized spacial score (nSPS) is 27.0. The number of fused-ring (bicyclic) bond motifs is 1. The van der Waals surface area contributed by atoms with E-state index in [4.69, 9.17) is 12.2 Å². The van der Waals surface area contributed by atoms with Crippen molar-refractivity contribution in [2.24, 2.45) is 5.92 Å². The van der Waals surface area contributed by atoms with E-state index in [1.165, 1.54) is 28.4 Å². The number of likely N-dealkylation sites (N-methyl/N-ethyl adjacent to an activating group) is 1. The molecule has 7 nitrogen and oxygen atoms in total. The zero-order chi connectivity index (χ0) is 18.3. The predicted octanol–water partition coefficient (Wildman–Crippen LogP) is -3.87. The molecule has 3 heterocycles. The number of nitrogens with zero attached hydrogens (tertiary/aromatic N) is 3. The average molecular weight is 426 g/mol. The van der Waals surface area contributed by atoms with Crippen molar-refractivity contribution in [2.45, 2.75) is 18.4 Å². The van der Waals surface area contributed by atoms with Gasteiger partial charge < -0.3 is 24.8 Å². The molecule has 0 aromatic carbocycles. The molecule has 26 heavy (non-hydrogen) atoms. The fourth-order valence-electron chi connectivity index (χ4n) is 3.15. The third-order valence-corrected chi connectivity index (χ3v) is 7.75. The maximum Gasteiger partial charge on any atom is 1.00 e. The minimum absolute atomic E-state index is 0. The average Bonchev–Trinajstić information content (AvgIpc) is 2.87. The van der Waals surface area contributed by atoms with Gasteiger partial charge in [-0.3, -0.25) is 9.69 Å². The van der Waals surface area contributed by atoms with Crippen molar-refractivity contribution in [2.75, 3.05) is 39.0 Å². The van der Waals surface area contributed by atoms with Gasteiger partial charge in [-0.05, 0) is 14.0 Å². The number of piperazine rings is 1. The third-order valence-electron chi connectivity index (χ3n) is 4.65. The number of aliphatic hydroxyl groups is 1. The van der Waals surface area contributed by atoms with Crippen molar-refractivity contribution in [3.63, 3.8) is 0 Å². The summed E-state index contributed by atoms with van der Waals surface area (Å²) < 4.78 is 0.742. The smallest absolute Gasteiger partial charge is 0.543 e. The molecule has 0 aliphatic carbocycles. The van der Waals surface area contributed by atoms with E-state index in [9.17, 15) is 19.8 Å². The number of rotatable bonds is 4. The number of carbonyl (C=O) groups is 2. The topological polar surface area (TPSA) is 87.1 Å². The minimum Gasteiger partial charge on any atom is -0.543 e. The van der Waals surface area contributed by atoms with Crippen molar-refractivity contribution in [1.82, 2.24) is 14.7 Å². The molecular formula is C15H20N3NaO4S3. The summed E-state index contributed by atoms with van der Waals surface area (Å²) in [5, 5.41) is 20.9. The molecule has 3 rings (SSSR count). The molecule has 0 aromatic heterocycles. The van der Waals surface area contributed by atoms with Gasteiger partial charge in [0.2, 0.25) is 5.91 Å². The number of amides is 1. The van der Waals surface area contributed by atoms with Crippen molar-refractivity contribution < 1.29 is 49.4 Å². The van der Waals surface area contributed by atoms with Crippen LogP contribution in [0, 0.1) is 5.92 Å². The van der Waals surface area contributed by atoms with Crippen LogP contribution in [0.25, 0.3) is 0 Å². The van der Waals surface area contributed by atoms with E-state index < -0.39 is 18.0 Å². The Hall–Kier alpha value is 0.190. The molecule has 3 aliphatic heterocycles. The van der Waals surface area contributed by atoms with E-state index in [-0.39, 0.29) is 46.5 Å². The summed E-state index contributed by atoms with van der Waals surface area (Å²) in [6.07, 6.45) is -0.803. The van der Waals surface area contributed by atoms with Crippen LogP contribution in [0.4, 0.5) is 0 Å². The first kappa shape index (κ1) is 22.5. The Morgan fingerprint density at radius 3 is 2.58 bits per heavy atom. The van der Waals surface area contributed by atoms with Gasteiger partial charge in [0.25, 0.3) is 0 Å². The van der Waals surface area contributed by atoms with Crippen LogP contribution in [0.3, 0.4) is 0 Å². The predicted molar refractivity (Wildman–Crippen MR) is 99.6 cm³/mol. The van der Waals surface area contributed by atoms with Gasteiger partial charge in [0, 0.05) is 36.8 Å². The summed E-state index contributed by atoms with van der Waals surface area (Å²) >= 11 is 8.21. The molecule has 0 bridgehead atoms. The van der Waals surface area contributed by atoms with Crippen LogP contribution in [0.1, 0.15) is 6.92 Å². The molecule has 11 heteroatoms. The first-order valence-corrected chi connectivity index (χ1v) is 10.3. The van der Waals surface area contributed by atoms with Crippen LogP contribution < -0.4 is 34.7 Å². The number of aliphatic carboxylic acids is 1. The molecule has 0 saturated carbocycles. The fraction of sp³-hybridized carbons (Fsp3) is 0.667. The van der Waals surface area contributed by atoms with Crippen molar-refractivity contribution in [3.05, 3.63) is 10.6 Å². The van der Waals surface area contributed by atoms with Gasteiger partial charge in [0.15, 0.2) is 0 Å². The zero-order valence-electron chi connectivity index (χ0n) is 15.0. The molecule has 0 unspecified atom stereocenters. The number of hydrogen-bond donors (Lipinski definition) is 1. The van der Waals surface area contributed by atoms with E-state index in [0.717, 1.165) is 30.5 Å². The molecule has 3 atom stereocenters. The Morgan fingerprint density at radius 1 is 1.42 bits per heavy atom. The van der Waals surface area contributed by atoms with Crippen LogP contribution in [0.15, 0.2) is 10.6 Å². The van der Waals surface area contributed by atoms with Crippen molar-refractivity contribution in [1.29, 1.82) is 0 Å². The van der Waals surface area contributed by atoms with Crippen molar-refractivity contribution in [3.8, 4) is 0 Å². The fourth-order valence-corrected chi connectivity index (χ4v) is 6.11. The molecule has 138 valence electrons. The van der Waals surface area contributed by atoms with E-state index in [1.807, 2.05) is 0 Å². The molecule has 2 saturated heterocycles. The second-order valence-corrected chi connectivity index (χ2v) is 9.21. The van der Waals surface area contributed by atoms with E-state index in [2.05, 4.69) is 16.8 Å². The second-order valence-electron chi connectivity index (χ2n) is 6.39. The summed E-state index contributed by atoms with van der Waals surface area (Å²) in [5.41, 5.74) is -0.0643. The number of carbonyl (C=O) groups excluding carboxylic acids is 2. The number of β-lactam (4-membered cyclic amide) rings is 1. The number of thioether (sulfide) groups is 2. The number of aliphatic hydroxyl groups excluding tert-OH is 1. The first-order chi connectivity index (χ1) is 11.8. The van der Waals surface area contributed by atoms with Crippen LogP contribution in [0.5, 0.6) is 0 Å². The summed E-state index contributed by atoms with van der Waals surface area (Å²) in [7, 11) is 2.07. The first-order valence-electron chi connectivity index (χ1n) is 8.03. The van der Waals surface area contributed by atoms with Gasteiger partial charge in [-0.25, -0.2) is 0 Å². The van der Waals surface area contributed by atoms with Crippen LogP contribution in [-0.2, 0) is 9.59 Å². The molecule has 1 amide bonds. The molecule has 0 aromatic rings. The Bertz CT molecular complexity index is 638. The maximum absolute atomic E-state index is 12.1. The maximum atomic E-state index is 12.1. The Morgan fingerprint density at radius 2 is 2.04 bits per heavy atom. The number of carboxylic acid groups (broad SMARTS) is 1. The van der Waals surface area contributed by atoms with Gasteiger partial charge >= 0.3 is 29.6 Å². The molecule has 2 fully saturated rings. The van der Waals surface area contributed by atoms with Gasteiger partial charge in [-0.15, -0.1) is 11.8 Å². The zero-order valence-corrected chi connectivity index (χ0v) is 19.5. The van der Waals surface area contributed by atoms with E-state index in [1.54, 1.807) is 6.92 Å². The quantitative estimate of drug-likeness (QED) is 0.276. The Labute approximate surface area is 188 Å². The van der Waals surface area contributed by atoms with Crippen LogP contribution >= 0.6 is 35.7 Å². The van der Waals surface area contributed by atoms with Gasteiger partial charge in [0.05, 0.1) is 23.7 Å². The van der Waals surface area contributed by atoms with Crippen LogP contribution in [0.2, 0.25) is 0 Å². The standard InChI is InChI=1S/C15H21N3O4S3.Na/c1-8(19)10-12(20)18-11(14(21)22)9(25-13(10)18)7-24-15(23)17-5-3-16(2)4-6-17;/h8,10,13,19H,3-7H2,1-2H3,(H,21,22);/q;+1/p-1/t8-,10+,13-;/m1./s1. The minimum atomic E-state index is -1.35. The van der Waals surface area contributed by atoms with Gasteiger partial charge in [0.1, 0.15) is 9.69 Å². The largest absolute Gasteiger partial charge is 1.00 e. The molecule has 0 radical (unpaired) electrons.